The lowest BCUT2D eigenvalue weighted by atomic mass is 10.2. The Balaban J connectivity index is 1.81. The molecule has 5 heteroatoms. The summed E-state index contributed by atoms with van der Waals surface area (Å²) < 4.78 is 0. The highest BCUT2D eigenvalue weighted by Crippen LogP contribution is 2.27. The van der Waals surface area contributed by atoms with Gasteiger partial charge in [-0.15, -0.1) is 0 Å². The fourth-order valence-electron chi connectivity index (χ4n) is 2.20. The van der Waals surface area contributed by atoms with E-state index in [0.717, 1.165) is 32.2 Å². The highest BCUT2D eigenvalue weighted by atomic mass is 16.4. The van der Waals surface area contributed by atoms with Crippen molar-refractivity contribution in [3.63, 3.8) is 0 Å². The van der Waals surface area contributed by atoms with E-state index < -0.39 is 0 Å². The largest absolute Gasteiger partial charge is 0.409 e. The summed E-state index contributed by atoms with van der Waals surface area (Å²) in [4.78, 5) is 4.82. The maximum Gasteiger partial charge on any atom is 0.156 e. The first kappa shape index (κ1) is 10.7. The molecule has 86 valence electrons. The van der Waals surface area contributed by atoms with Gasteiger partial charge in [0.2, 0.25) is 0 Å². The fourth-order valence-corrected chi connectivity index (χ4v) is 2.20. The molecule has 1 aliphatic heterocycles. The van der Waals surface area contributed by atoms with Crippen molar-refractivity contribution in [2.75, 3.05) is 26.2 Å². The Morgan fingerprint density at radius 3 is 2.40 bits per heavy atom. The number of hydrogen-bond acceptors (Lipinski definition) is 4. The van der Waals surface area contributed by atoms with Crippen molar-refractivity contribution >= 4 is 5.84 Å². The average molecular weight is 212 g/mol. The van der Waals surface area contributed by atoms with E-state index in [9.17, 15) is 0 Å². The van der Waals surface area contributed by atoms with E-state index in [2.05, 4.69) is 15.0 Å². The van der Waals surface area contributed by atoms with Crippen LogP contribution in [0.15, 0.2) is 5.16 Å². The Kier molecular flexibility index (Phi) is 3.11. The molecule has 2 rings (SSSR count). The van der Waals surface area contributed by atoms with Crippen LogP contribution in [0.1, 0.15) is 19.8 Å². The van der Waals surface area contributed by atoms with Crippen LogP contribution >= 0.6 is 0 Å². The summed E-state index contributed by atoms with van der Waals surface area (Å²) in [6, 6.07) is 0.905. The van der Waals surface area contributed by atoms with Gasteiger partial charge in [-0.1, -0.05) is 5.16 Å². The van der Waals surface area contributed by atoms with Crippen molar-refractivity contribution in [1.29, 1.82) is 0 Å². The van der Waals surface area contributed by atoms with Gasteiger partial charge in [0.1, 0.15) is 0 Å². The molecule has 1 unspecified atom stereocenters. The summed E-state index contributed by atoms with van der Waals surface area (Å²) >= 11 is 0. The van der Waals surface area contributed by atoms with Crippen LogP contribution < -0.4 is 5.73 Å². The van der Waals surface area contributed by atoms with E-state index in [0.29, 0.717) is 5.84 Å². The second-order valence-electron chi connectivity index (χ2n) is 4.50. The minimum absolute atomic E-state index is 0.0522. The third-order valence-electron chi connectivity index (χ3n) is 3.50. The fraction of sp³-hybridized carbons (Fsp3) is 0.900. The van der Waals surface area contributed by atoms with Gasteiger partial charge in [-0.25, -0.2) is 0 Å². The summed E-state index contributed by atoms with van der Waals surface area (Å²) in [5, 5.41) is 11.7. The van der Waals surface area contributed by atoms with E-state index in [1.165, 1.54) is 12.8 Å². The first-order valence-electron chi connectivity index (χ1n) is 5.68. The molecule has 1 heterocycles. The molecule has 5 nitrogen and oxygen atoms in total. The van der Waals surface area contributed by atoms with Crippen molar-refractivity contribution in [3.8, 4) is 0 Å². The minimum Gasteiger partial charge on any atom is -0.409 e. The number of amidine groups is 1. The van der Waals surface area contributed by atoms with Crippen molar-refractivity contribution in [3.05, 3.63) is 0 Å². The second kappa shape index (κ2) is 4.37. The Bertz CT molecular complexity index is 244. The molecule has 0 aromatic heterocycles. The molecule has 2 fully saturated rings. The first-order chi connectivity index (χ1) is 7.22. The van der Waals surface area contributed by atoms with Crippen LogP contribution in [0.2, 0.25) is 0 Å². The van der Waals surface area contributed by atoms with Crippen LogP contribution in [0.3, 0.4) is 0 Å². The van der Waals surface area contributed by atoms with Gasteiger partial charge in [0, 0.05) is 32.2 Å². The van der Waals surface area contributed by atoms with Crippen molar-refractivity contribution in [2.45, 2.75) is 31.8 Å². The molecule has 1 saturated heterocycles. The molecule has 0 radical (unpaired) electrons. The number of nitrogens with zero attached hydrogens (tertiary/aromatic N) is 3. The zero-order valence-corrected chi connectivity index (χ0v) is 9.26. The summed E-state index contributed by atoms with van der Waals surface area (Å²) in [5.41, 5.74) is 5.60. The molecule has 3 N–H and O–H groups in total. The number of piperazine rings is 1. The summed E-state index contributed by atoms with van der Waals surface area (Å²) in [5.74, 6) is 0.315. The molecular weight excluding hydrogens is 192 g/mol. The molecule has 15 heavy (non-hydrogen) atoms. The van der Waals surface area contributed by atoms with Crippen LogP contribution in [0.4, 0.5) is 0 Å². The summed E-state index contributed by atoms with van der Waals surface area (Å²) in [6.07, 6.45) is 2.74. The topological polar surface area (TPSA) is 65.1 Å². The standard InChI is InChI=1S/C10H20N4O/c1-8(10(11)12-15)13-4-6-14(7-5-13)9-2-3-9/h8-9,15H,2-7H2,1H3,(H2,11,12). The summed E-state index contributed by atoms with van der Waals surface area (Å²) in [7, 11) is 0. The lowest BCUT2D eigenvalue weighted by molar-refractivity contribution is 0.115. The predicted octanol–water partition coefficient (Wildman–Crippen LogP) is -0.0987. The lowest BCUT2D eigenvalue weighted by Gasteiger charge is -2.37. The highest BCUT2D eigenvalue weighted by molar-refractivity contribution is 5.84. The van der Waals surface area contributed by atoms with Gasteiger partial charge < -0.3 is 10.9 Å². The maximum atomic E-state index is 8.61. The van der Waals surface area contributed by atoms with Crippen LogP contribution in [0.5, 0.6) is 0 Å². The number of oxime groups is 1. The summed E-state index contributed by atoms with van der Waals surface area (Å²) in [6.45, 7) is 6.27. The quantitative estimate of drug-likeness (QED) is 0.297. The van der Waals surface area contributed by atoms with Crippen LogP contribution in [0.25, 0.3) is 0 Å². The molecule has 1 aliphatic carbocycles. The third kappa shape index (κ3) is 2.41. The Morgan fingerprint density at radius 1 is 1.33 bits per heavy atom. The normalized spacial score (nSPS) is 27.9. The van der Waals surface area contributed by atoms with Gasteiger partial charge in [0.25, 0.3) is 0 Å². The smallest absolute Gasteiger partial charge is 0.156 e. The highest BCUT2D eigenvalue weighted by Gasteiger charge is 2.32. The van der Waals surface area contributed by atoms with Gasteiger partial charge in [0.05, 0.1) is 6.04 Å². The maximum absolute atomic E-state index is 8.61. The number of hydrogen-bond donors (Lipinski definition) is 2. The monoisotopic (exact) mass is 212 g/mol. The van der Waals surface area contributed by atoms with Gasteiger partial charge in [0.15, 0.2) is 5.84 Å². The van der Waals surface area contributed by atoms with E-state index in [4.69, 9.17) is 10.9 Å². The van der Waals surface area contributed by atoms with E-state index in [-0.39, 0.29) is 6.04 Å². The van der Waals surface area contributed by atoms with Gasteiger partial charge in [-0.05, 0) is 19.8 Å². The second-order valence-corrected chi connectivity index (χ2v) is 4.50. The molecule has 0 aromatic carbocycles. The van der Waals surface area contributed by atoms with Crippen molar-refractivity contribution in [2.24, 2.45) is 10.9 Å². The molecular formula is C10H20N4O. The lowest BCUT2D eigenvalue weighted by Crippen LogP contribution is -2.53. The first-order valence-corrected chi connectivity index (χ1v) is 5.68. The van der Waals surface area contributed by atoms with Crippen LogP contribution in [-0.4, -0.2) is 59.1 Å². The number of nitrogens with two attached hydrogens (primary N) is 1. The van der Waals surface area contributed by atoms with Gasteiger partial charge in [-0.2, -0.15) is 0 Å². The van der Waals surface area contributed by atoms with E-state index >= 15 is 0 Å². The zero-order valence-electron chi connectivity index (χ0n) is 9.26. The molecule has 0 spiro atoms. The van der Waals surface area contributed by atoms with Gasteiger partial charge >= 0.3 is 0 Å². The van der Waals surface area contributed by atoms with E-state index in [1.807, 2.05) is 6.92 Å². The molecule has 1 saturated carbocycles. The van der Waals surface area contributed by atoms with Gasteiger partial charge in [-0.3, -0.25) is 9.80 Å². The zero-order chi connectivity index (χ0) is 10.8. The van der Waals surface area contributed by atoms with Crippen molar-refractivity contribution < 1.29 is 5.21 Å². The molecule has 0 bridgehead atoms. The van der Waals surface area contributed by atoms with Crippen LogP contribution in [0, 0.1) is 0 Å². The Hall–Kier alpha value is -0.810. The average Bonchev–Trinajstić information content (AvgIpc) is 3.11. The van der Waals surface area contributed by atoms with Crippen molar-refractivity contribution in [1.82, 2.24) is 9.80 Å². The Labute approximate surface area is 90.5 Å². The van der Waals surface area contributed by atoms with Crippen LogP contribution in [-0.2, 0) is 0 Å². The molecule has 2 aliphatic rings. The molecule has 0 aromatic rings. The van der Waals surface area contributed by atoms with E-state index in [1.54, 1.807) is 0 Å². The predicted molar refractivity (Wildman–Crippen MR) is 59.0 cm³/mol. The molecule has 0 amide bonds. The minimum atomic E-state index is 0.0522. The SMILES string of the molecule is CC(C(N)=NO)N1CCN(C2CC2)CC1. The third-order valence-corrected chi connectivity index (χ3v) is 3.50. The Morgan fingerprint density at radius 2 is 1.93 bits per heavy atom. The number of rotatable bonds is 3. The molecule has 1 atom stereocenters.